The van der Waals surface area contributed by atoms with Crippen molar-refractivity contribution in [2.75, 3.05) is 39.1 Å². The Kier molecular flexibility index (Phi) is 8.80. The van der Waals surface area contributed by atoms with Crippen LogP contribution >= 0.6 is 0 Å². The van der Waals surface area contributed by atoms with E-state index < -0.39 is 15.9 Å². The van der Waals surface area contributed by atoms with Gasteiger partial charge in [-0.1, -0.05) is 39.0 Å². The average Bonchev–Trinajstić information content (AvgIpc) is 2.78. The van der Waals surface area contributed by atoms with Crippen LogP contribution in [0.4, 0.5) is 5.69 Å². The molecule has 2 amide bonds. The summed E-state index contributed by atoms with van der Waals surface area (Å²) >= 11 is 0. The molecular weight excluding hydrogens is 430 g/mol. The second-order valence-electron chi connectivity index (χ2n) is 7.17. The molecule has 32 heavy (non-hydrogen) atoms. The Labute approximate surface area is 190 Å². The second kappa shape index (κ2) is 11.1. The predicted molar refractivity (Wildman–Crippen MR) is 125 cm³/mol. The van der Waals surface area contributed by atoms with E-state index in [1.807, 2.05) is 31.2 Å². The molecule has 0 radical (unpaired) electrons. The maximum atomic E-state index is 13.1. The maximum Gasteiger partial charge on any atom is 0.257 e. The highest BCUT2D eigenvalue weighted by Gasteiger charge is 2.26. The highest BCUT2D eigenvalue weighted by atomic mass is 32.2. The summed E-state index contributed by atoms with van der Waals surface area (Å²) in [5.74, 6) is -0.637. The van der Waals surface area contributed by atoms with Crippen molar-refractivity contribution in [1.29, 1.82) is 0 Å². The normalized spacial score (nSPS) is 11.3. The van der Waals surface area contributed by atoms with Gasteiger partial charge in [-0.25, -0.2) is 8.42 Å². The van der Waals surface area contributed by atoms with E-state index in [9.17, 15) is 18.0 Å². The summed E-state index contributed by atoms with van der Waals surface area (Å²) in [6.45, 7) is 5.92. The fraction of sp³-hybridized carbons (Fsp3) is 0.391. The topological polar surface area (TPSA) is 96.0 Å². The second-order valence-corrected chi connectivity index (χ2v) is 9.11. The van der Waals surface area contributed by atoms with Gasteiger partial charge in [-0.2, -0.15) is 4.31 Å². The number of sulfonamides is 1. The van der Waals surface area contributed by atoms with E-state index >= 15 is 0 Å². The van der Waals surface area contributed by atoms with E-state index in [2.05, 4.69) is 5.32 Å². The summed E-state index contributed by atoms with van der Waals surface area (Å²) < 4.78 is 32.3. The van der Waals surface area contributed by atoms with Crippen LogP contribution in [0.25, 0.3) is 0 Å². The summed E-state index contributed by atoms with van der Waals surface area (Å²) in [4.78, 5) is 26.8. The van der Waals surface area contributed by atoms with Crippen molar-refractivity contribution in [3.63, 3.8) is 0 Å². The van der Waals surface area contributed by atoms with Crippen LogP contribution in [0.15, 0.2) is 47.4 Å². The smallest absolute Gasteiger partial charge is 0.257 e. The van der Waals surface area contributed by atoms with E-state index in [0.29, 0.717) is 18.8 Å². The number of methoxy groups -OCH3 is 1. The largest absolute Gasteiger partial charge is 0.496 e. The van der Waals surface area contributed by atoms with Gasteiger partial charge in [-0.15, -0.1) is 0 Å². The average molecular weight is 462 g/mol. The van der Waals surface area contributed by atoms with E-state index in [4.69, 9.17) is 4.74 Å². The number of ether oxygens (including phenoxy) is 1. The van der Waals surface area contributed by atoms with Gasteiger partial charge in [-0.05, 0) is 36.2 Å². The molecule has 0 aromatic heterocycles. The van der Waals surface area contributed by atoms with Crippen LogP contribution in [-0.4, -0.2) is 63.2 Å². The van der Waals surface area contributed by atoms with Gasteiger partial charge in [0.05, 0.1) is 24.1 Å². The highest BCUT2D eigenvalue weighted by molar-refractivity contribution is 7.89. The van der Waals surface area contributed by atoms with E-state index in [1.54, 1.807) is 13.8 Å². The molecule has 0 atom stereocenters. The number of anilines is 1. The first-order chi connectivity index (χ1) is 15.2. The molecule has 2 rings (SSSR count). The van der Waals surface area contributed by atoms with Crippen LogP contribution in [0, 0.1) is 0 Å². The molecule has 0 heterocycles. The zero-order valence-corrected chi connectivity index (χ0v) is 20.0. The quantitative estimate of drug-likeness (QED) is 0.587. The number of likely N-dealkylation sites (N-methyl/N-ethyl adjacent to an activating group) is 1. The van der Waals surface area contributed by atoms with Crippen molar-refractivity contribution in [2.45, 2.75) is 32.1 Å². The first-order valence-corrected chi connectivity index (χ1v) is 11.9. The lowest BCUT2D eigenvalue weighted by Gasteiger charge is -2.21. The molecule has 0 spiro atoms. The number of carbonyl (C=O) groups is 2. The molecule has 0 aliphatic rings. The Morgan fingerprint density at radius 3 is 2.28 bits per heavy atom. The number of aryl methyl sites for hydroxylation is 1. The van der Waals surface area contributed by atoms with E-state index in [1.165, 1.54) is 41.6 Å². The molecule has 174 valence electrons. The summed E-state index contributed by atoms with van der Waals surface area (Å²) in [6.07, 6.45) is 0.760. The molecule has 0 unspecified atom stereocenters. The third-order valence-electron chi connectivity index (χ3n) is 5.14. The predicted octanol–water partition coefficient (Wildman–Crippen LogP) is 3.00. The highest BCUT2D eigenvalue weighted by Crippen LogP contribution is 2.26. The van der Waals surface area contributed by atoms with Crippen LogP contribution in [0.2, 0.25) is 0 Å². The monoisotopic (exact) mass is 461 g/mol. The Morgan fingerprint density at radius 1 is 1.03 bits per heavy atom. The number of benzene rings is 2. The van der Waals surface area contributed by atoms with Crippen LogP contribution in [0.1, 0.15) is 36.7 Å². The maximum absolute atomic E-state index is 13.1. The lowest BCUT2D eigenvalue weighted by atomic mass is 10.1. The van der Waals surface area contributed by atoms with Crippen molar-refractivity contribution < 1.29 is 22.7 Å². The molecule has 0 saturated heterocycles. The van der Waals surface area contributed by atoms with Crippen LogP contribution < -0.4 is 10.1 Å². The van der Waals surface area contributed by atoms with E-state index in [-0.39, 0.29) is 28.7 Å². The molecule has 1 N–H and O–H groups in total. The third kappa shape index (κ3) is 5.66. The molecule has 0 aliphatic heterocycles. The van der Waals surface area contributed by atoms with Gasteiger partial charge in [0, 0.05) is 25.8 Å². The van der Waals surface area contributed by atoms with Gasteiger partial charge < -0.3 is 15.0 Å². The zero-order valence-electron chi connectivity index (χ0n) is 19.2. The number of nitrogens with zero attached hydrogens (tertiary/aromatic N) is 2. The lowest BCUT2D eigenvalue weighted by Crippen LogP contribution is -2.35. The summed E-state index contributed by atoms with van der Waals surface area (Å²) in [7, 11) is -0.865. The summed E-state index contributed by atoms with van der Waals surface area (Å²) in [5, 5.41) is 2.83. The first kappa shape index (κ1) is 25.4. The molecule has 0 bridgehead atoms. The fourth-order valence-electron chi connectivity index (χ4n) is 3.36. The third-order valence-corrected chi connectivity index (χ3v) is 7.19. The molecule has 0 aliphatic carbocycles. The molecule has 2 aromatic carbocycles. The van der Waals surface area contributed by atoms with Crippen molar-refractivity contribution in [3.05, 3.63) is 53.6 Å². The van der Waals surface area contributed by atoms with Crippen molar-refractivity contribution >= 4 is 27.5 Å². The SMILES string of the molecule is CCc1ccccc1NC(=O)CN(C)C(=O)c1cc(S(=O)(=O)N(CC)CC)ccc1OC. The van der Waals surface area contributed by atoms with Crippen molar-refractivity contribution in [1.82, 2.24) is 9.21 Å². The van der Waals surface area contributed by atoms with Gasteiger partial charge in [0.25, 0.3) is 5.91 Å². The zero-order chi connectivity index (χ0) is 23.9. The molecule has 0 saturated carbocycles. The van der Waals surface area contributed by atoms with Crippen LogP contribution in [0.5, 0.6) is 5.75 Å². The molecule has 2 aromatic rings. The Hall–Kier alpha value is -2.91. The Morgan fingerprint density at radius 2 is 1.69 bits per heavy atom. The number of amides is 2. The van der Waals surface area contributed by atoms with Gasteiger partial charge >= 0.3 is 0 Å². The standard InChI is InChI=1S/C23H31N3O5S/c1-6-17-11-9-10-12-20(17)24-22(27)16-25(4)23(28)19-15-18(13-14-21(19)31-5)32(29,30)26(7-2)8-3/h9-15H,6-8,16H2,1-5H3,(H,24,27). The molecular formula is C23H31N3O5S. The number of hydrogen-bond acceptors (Lipinski definition) is 5. The fourth-order valence-corrected chi connectivity index (χ4v) is 4.85. The van der Waals surface area contributed by atoms with Gasteiger partial charge in [0.2, 0.25) is 15.9 Å². The first-order valence-electron chi connectivity index (χ1n) is 10.5. The van der Waals surface area contributed by atoms with Crippen molar-refractivity contribution in [2.24, 2.45) is 0 Å². The van der Waals surface area contributed by atoms with Gasteiger partial charge in [-0.3, -0.25) is 9.59 Å². The van der Waals surface area contributed by atoms with Gasteiger partial charge in [0.1, 0.15) is 5.75 Å². The molecule has 8 nitrogen and oxygen atoms in total. The summed E-state index contributed by atoms with van der Waals surface area (Å²) in [5.41, 5.74) is 1.77. The number of nitrogens with one attached hydrogen (secondary N) is 1. The minimum absolute atomic E-state index is 0.0000692. The Balaban J connectivity index is 2.26. The lowest BCUT2D eigenvalue weighted by molar-refractivity contribution is -0.116. The number of hydrogen-bond donors (Lipinski definition) is 1. The molecule has 9 heteroatoms. The number of rotatable bonds is 10. The summed E-state index contributed by atoms with van der Waals surface area (Å²) in [6, 6.07) is 11.6. The van der Waals surface area contributed by atoms with E-state index in [0.717, 1.165) is 12.0 Å². The minimum Gasteiger partial charge on any atom is -0.496 e. The van der Waals surface area contributed by atoms with Gasteiger partial charge in [0.15, 0.2) is 0 Å². The van der Waals surface area contributed by atoms with Crippen molar-refractivity contribution in [3.8, 4) is 5.75 Å². The van der Waals surface area contributed by atoms with Crippen LogP contribution in [-0.2, 0) is 21.2 Å². The van der Waals surface area contributed by atoms with Crippen LogP contribution in [0.3, 0.4) is 0 Å². The number of para-hydroxylation sites is 1. The number of carbonyl (C=O) groups excluding carboxylic acids is 2. The minimum atomic E-state index is -3.75. The Bertz CT molecular complexity index is 1070. The molecule has 0 fully saturated rings.